The lowest BCUT2D eigenvalue weighted by atomic mass is 9.93. The number of alkyl halides is 3. The standard InChI is InChI=1S/C18H35F3N4O/c1-4-8-17(26,9-5-2)13-24-16(22-6-3)23-11-15-7-10-25(12-15)14-18(19,20)21/h15,26H,4-14H2,1-3H3,(H2,22,23,24). The number of guanidine groups is 1. The first-order chi connectivity index (χ1) is 12.2. The third kappa shape index (κ3) is 9.07. The minimum atomic E-state index is -4.14. The molecule has 8 heteroatoms. The van der Waals surface area contributed by atoms with Crippen LogP contribution in [0, 0.1) is 5.92 Å². The topological polar surface area (TPSA) is 59.9 Å². The van der Waals surface area contributed by atoms with Gasteiger partial charge in [0.25, 0.3) is 0 Å². The number of nitrogens with zero attached hydrogens (tertiary/aromatic N) is 2. The Morgan fingerprint density at radius 2 is 1.81 bits per heavy atom. The second-order valence-electron chi connectivity index (χ2n) is 7.31. The molecule has 1 saturated heterocycles. The van der Waals surface area contributed by atoms with Crippen LogP contribution in [0.25, 0.3) is 0 Å². The van der Waals surface area contributed by atoms with Crippen molar-refractivity contribution in [2.75, 3.05) is 39.3 Å². The number of hydrogen-bond donors (Lipinski definition) is 3. The van der Waals surface area contributed by atoms with Crippen molar-refractivity contribution in [3.8, 4) is 0 Å². The average molecular weight is 380 g/mol. The maximum absolute atomic E-state index is 12.5. The van der Waals surface area contributed by atoms with E-state index in [-0.39, 0.29) is 5.92 Å². The van der Waals surface area contributed by atoms with Gasteiger partial charge in [0.1, 0.15) is 0 Å². The summed E-state index contributed by atoms with van der Waals surface area (Å²) < 4.78 is 37.4. The number of aliphatic imine (C=N–C) groups is 1. The summed E-state index contributed by atoms with van der Waals surface area (Å²) in [5.41, 5.74) is -0.789. The van der Waals surface area contributed by atoms with Crippen molar-refractivity contribution >= 4 is 5.96 Å². The predicted molar refractivity (Wildman–Crippen MR) is 99.3 cm³/mol. The van der Waals surface area contributed by atoms with E-state index in [0.29, 0.717) is 51.5 Å². The summed E-state index contributed by atoms with van der Waals surface area (Å²) in [4.78, 5) is 5.97. The lowest BCUT2D eigenvalue weighted by Gasteiger charge is -2.26. The molecule has 1 aliphatic heterocycles. The summed E-state index contributed by atoms with van der Waals surface area (Å²) in [7, 11) is 0. The molecule has 1 atom stereocenters. The van der Waals surface area contributed by atoms with Gasteiger partial charge in [0, 0.05) is 19.6 Å². The summed E-state index contributed by atoms with van der Waals surface area (Å²) in [6, 6.07) is 0. The van der Waals surface area contributed by atoms with Gasteiger partial charge in [-0.15, -0.1) is 0 Å². The first-order valence-electron chi connectivity index (χ1n) is 9.75. The van der Waals surface area contributed by atoms with Crippen molar-refractivity contribution in [1.82, 2.24) is 15.5 Å². The normalized spacial score (nSPS) is 19.8. The molecule has 0 spiro atoms. The molecule has 0 aromatic rings. The second kappa shape index (κ2) is 11.0. The highest BCUT2D eigenvalue weighted by Crippen LogP contribution is 2.22. The first kappa shape index (κ1) is 23.0. The quantitative estimate of drug-likeness (QED) is 0.403. The van der Waals surface area contributed by atoms with E-state index in [0.717, 1.165) is 19.3 Å². The van der Waals surface area contributed by atoms with Crippen molar-refractivity contribution < 1.29 is 18.3 Å². The molecule has 0 saturated carbocycles. The molecule has 0 amide bonds. The summed E-state index contributed by atoms with van der Waals surface area (Å²) in [6.45, 7) is 7.74. The van der Waals surface area contributed by atoms with Crippen molar-refractivity contribution in [3.05, 3.63) is 0 Å². The van der Waals surface area contributed by atoms with Crippen LogP contribution in [-0.2, 0) is 0 Å². The zero-order valence-corrected chi connectivity index (χ0v) is 16.3. The van der Waals surface area contributed by atoms with Crippen LogP contribution in [0.1, 0.15) is 52.9 Å². The van der Waals surface area contributed by atoms with E-state index >= 15 is 0 Å². The van der Waals surface area contributed by atoms with Crippen LogP contribution in [0.4, 0.5) is 13.2 Å². The minimum Gasteiger partial charge on any atom is -0.388 e. The number of nitrogens with one attached hydrogen (secondary N) is 2. The largest absolute Gasteiger partial charge is 0.401 e. The number of rotatable bonds is 10. The van der Waals surface area contributed by atoms with E-state index in [2.05, 4.69) is 15.6 Å². The maximum atomic E-state index is 12.5. The maximum Gasteiger partial charge on any atom is 0.401 e. The van der Waals surface area contributed by atoms with Gasteiger partial charge in [-0.25, -0.2) is 0 Å². The van der Waals surface area contributed by atoms with Crippen LogP contribution in [0.5, 0.6) is 0 Å². The predicted octanol–water partition coefficient (Wildman–Crippen LogP) is 2.76. The molecule has 0 radical (unpaired) electrons. The van der Waals surface area contributed by atoms with Crippen molar-refractivity contribution in [3.63, 3.8) is 0 Å². The summed E-state index contributed by atoms with van der Waals surface area (Å²) in [6.07, 6.45) is -0.183. The van der Waals surface area contributed by atoms with Gasteiger partial charge in [-0.3, -0.25) is 9.89 Å². The average Bonchev–Trinajstić information content (AvgIpc) is 2.96. The van der Waals surface area contributed by atoms with Gasteiger partial charge in [0.15, 0.2) is 5.96 Å². The van der Waals surface area contributed by atoms with E-state index < -0.39 is 18.3 Å². The van der Waals surface area contributed by atoms with Gasteiger partial charge in [-0.1, -0.05) is 26.7 Å². The molecular formula is C18H35F3N4O. The summed E-state index contributed by atoms with van der Waals surface area (Å²) in [5.74, 6) is 0.791. The Balaban J connectivity index is 2.52. The lowest BCUT2D eigenvalue weighted by molar-refractivity contribution is -0.143. The molecule has 1 unspecified atom stereocenters. The monoisotopic (exact) mass is 380 g/mol. The molecule has 3 N–H and O–H groups in total. The molecule has 1 fully saturated rings. The van der Waals surface area contributed by atoms with Gasteiger partial charge in [0.05, 0.1) is 18.7 Å². The van der Waals surface area contributed by atoms with Crippen molar-refractivity contribution in [1.29, 1.82) is 0 Å². The zero-order valence-electron chi connectivity index (χ0n) is 16.3. The Morgan fingerprint density at radius 1 is 1.15 bits per heavy atom. The highest BCUT2D eigenvalue weighted by atomic mass is 19.4. The van der Waals surface area contributed by atoms with E-state index in [1.807, 2.05) is 20.8 Å². The van der Waals surface area contributed by atoms with Crippen LogP contribution in [0.3, 0.4) is 0 Å². The SMILES string of the molecule is CCCC(O)(CCC)CN=C(NCC)NCC1CCN(CC(F)(F)F)C1. The highest BCUT2D eigenvalue weighted by molar-refractivity contribution is 5.79. The van der Waals surface area contributed by atoms with Gasteiger partial charge in [-0.05, 0) is 38.6 Å². The summed E-state index contributed by atoms with van der Waals surface area (Å²) in [5, 5.41) is 17.0. The number of hydrogen-bond acceptors (Lipinski definition) is 3. The molecule has 1 heterocycles. The van der Waals surface area contributed by atoms with Crippen LogP contribution < -0.4 is 10.6 Å². The van der Waals surface area contributed by atoms with Crippen LogP contribution in [-0.4, -0.2) is 67.0 Å². The number of halogens is 3. The fourth-order valence-electron chi connectivity index (χ4n) is 3.50. The number of aliphatic hydroxyl groups is 1. The fraction of sp³-hybridized carbons (Fsp3) is 0.944. The van der Waals surface area contributed by atoms with Gasteiger partial charge in [0.2, 0.25) is 0 Å². The molecule has 1 aliphatic rings. The molecule has 0 aromatic carbocycles. The van der Waals surface area contributed by atoms with Crippen molar-refractivity contribution in [2.45, 2.75) is 64.7 Å². The molecule has 0 aliphatic carbocycles. The van der Waals surface area contributed by atoms with Crippen LogP contribution in [0.15, 0.2) is 4.99 Å². The van der Waals surface area contributed by atoms with Crippen LogP contribution in [0.2, 0.25) is 0 Å². The van der Waals surface area contributed by atoms with Gasteiger partial charge < -0.3 is 15.7 Å². The minimum absolute atomic E-state index is 0.173. The second-order valence-corrected chi connectivity index (χ2v) is 7.31. The highest BCUT2D eigenvalue weighted by Gasteiger charge is 2.34. The van der Waals surface area contributed by atoms with Crippen molar-refractivity contribution in [2.24, 2.45) is 10.9 Å². The smallest absolute Gasteiger partial charge is 0.388 e. The third-order valence-electron chi connectivity index (χ3n) is 4.64. The molecule has 0 aromatic heterocycles. The fourth-order valence-corrected chi connectivity index (χ4v) is 3.50. The molecule has 5 nitrogen and oxygen atoms in total. The third-order valence-corrected chi connectivity index (χ3v) is 4.64. The van der Waals surface area contributed by atoms with Gasteiger partial charge >= 0.3 is 6.18 Å². The first-order valence-corrected chi connectivity index (χ1v) is 9.75. The van der Waals surface area contributed by atoms with E-state index in [1.165, 1.54) is 4.90 Å². The molecule has 26 heavy (non-hydrogen) atoms. The molecule has 0 bridgehead atoms. The zero-order chi connectivity index (χ0) is 19.6. The van der Waals surface area contributed by atoms with E-state index in [4.69, 9.17) is 0 Å². The Morgan fingerprint density at radius 3 is 2.35 bits per heavy atom. The lowest BCUT2D eigenvalue weighted by Crippen LogP contribution is -2.42. The Bertz CT molecular complexity index is 423. The van der Waals surface area contributed by atoms with E-state index in [9.17, 15) is 18.3 Å². The van der Waals surface area contributed by atoms with Crippen LogP contribution >= 0.6 is 0 Å². The molecular weight excluding hydrogens is 345 g/mol. The van der Waals surface area contributed by atoms with Gasteiger partial charge in [-0.2, -0.15) is 13.2 Å². The molecule has 1 rings (SSSR count). The van der Waals surface area contributed by atoms with E-state index in [1.54, 1.807) is 0 Å². The number of likely N-dealkylation sites (tertiary alicyclic amines) is 1. The Hall–Kier alpha value is -1.02. The molecule has 154 valence electrons. The Labute approximate surface area is 155 Å². The summed E-state index contributed by atoms with van der Waals surface area (Å²) >= 11 is 0. The Kier molecular flexibility index (Phi) is 9.71.